The predicted octanol–water partition coefficient (Wildman–Crippen LogP) is 3.15. The van der Waals surface area contributed by atoms with E-state index in [1.165, 1.54) is 26.4 Å². The molecule has 0 aromatic heterocycles. The number of ether oxygens (including phenoxy) is 3. The summed E-state index contributed by atoms with van der Waals surface area (Å²) >= 11 is 6.01. The highest BCUT2D eigenvalue weighted by molar-refractivity contribution is 7.91. The van der Waals surface area contributed by atoms with E-state index < -0.39 is 39.0 Å². The first-order chi connectivity index (χ1) is 14.1. The number of alkyl halides is 2. The third-order valence-electron chi connectivity index (χ3n) is 3.70. The molecule has 1 amide bonds. The molecular formula is C18H16ClF2NO7S. The molecular weight excluding hydrogens is 448 g/mol. The highest BCUT2D eigenvalue weighted by Gasteiger charge is 2.26. The zero-order chi connectivity index (χ0) is 22.5. The molecule has 0 aliphatic carbocycles. The van der Waals surface area contributed by atoms with Crippen molar-refractivity contribution in [3.05, 3.63) is 47.0 Å². The van der Waals surface area contributed by atoms with Crippen LogP contribution in [0.2, 0.25) is 5.02 Å². The van der Waals surface area contributed by atoms with Crippen molar-refractivity contribution < 1.29 is 41.0 Å². The minimum absolute atomic E-state index is 0.0204. The fourth-order valence-electron chi connectivity index (χ4n) is 2.28. The largest absolute Gasteiger partial charge is 0.493 e. The van der Waals surface area contributed by atoms with Gasteiger partial charge < -0.3 is 19.5 Å². The monoisotopic (exact) mass is 463 g/mol. The molecule has 0 fully saturated rings. The number of nitrogens with one attached hydrogen (secondary N) is 1. The molecule has 0 aliphatic heterocycles. The van der Waals surface area contributed by atoms with Gasteiger partial charge in [-0.15, -0.1) is 0 Å². The molecule has 0 unspecified atom stereocenters. The second-order valence-electron chi connectivity index (χ2n) is 5.65. The molecule has 162 valence electrons. The van der Waals surface area contributed by atoms with Crippen molar-refractivity contribution in [1.29, 1.82) is 0 Å². The van der Waals surface area contributed by atoms with Gasteiger partial charge in [0.2, 0.25) is 9.84 Å². The maximum Gasteiger partial charge on any atom is 0.341 e. The van der Waals surface area contributed by atoms with Crippen LogP contribution in [-0.2, 0) is 19.4 Å². The normalized spacial score (nSPS) is 11.1. The number of hydrogen-bond acceptors (Lipinski definition) is 7. The molecule has 0 bridgehead atoms. The van der Waals surface area contributed by atoms with E-state index >= 15 is 0 Å². The van der Waals surface area contributed by atoms with Crippen LogP contribution in [-0.4, -0.2) is 46.9 Å². The number of sulfone groups is 1. The van der Waals surface area contributed by atoms with Crippen LogP contribution in [0, 0.1) is 0 Å². The van der Waals surface area contributed by atoms with E-state index in [4.69, 9.17) is 25.8 Å². The number of carbonyl (C=O) groups excluding carboxylic acids is 2. The van der Waals surface area contributed by atoms with Crippen LogP contribution in [0.5, 0.6) is 11.5 Å². The summed E-state index contributed by atoms with van der Waals surface area (Å²) in [6, 6.07) is 6.72. The van der Waals surface area contributed by atoms with Crippen molar-refractivity contribution in [2.45, 2.75) is 10.7 Å². The lowest BCUT2D eigenvalue weighted by Crippen LogP contribution is -2.21. The smallest absolute Gasteiger partial charge is 0.341 e. The molecule has 8 nitrogen and oxygen atoms in total. The van der Waals surface area contributed by atoms with Gasteiger partial charge in [-0.1, -0.05) is 11.6 Å². The Hall–Kier alpha value is -2.92. The van der Waals surface area contributed by atoms with Gasteiger partial charge in [0.15, 0.2) is 18.1 Å². The van der Waals surface area contributed by atoms with Gasteiger partial charge in [0, 0.05) is 5.69 Å². The van der Waals surface area contributed by atoms with Crippen molar-refractivity contribution in [2.24, 2.45) is 0 Å². The summed E-state index contributed by atoms with van der Waals surface area (Å²) in [5.74, 6) is -4.72. The van der Waals surface area contributed by atoms with Gasteiger partial charge in [-0.2, -0.15) is 8.78 Å². The summed E-state index contributed by atoms with van der Waals surface area (Å²) in [7, 11) is -2.00. The quantitative estimate of drug-likeness (QED) is 0.599. The van der Waals surface area contributed by atoms with Crippen LogP contribution in [0.15, 0.2) is 41.3 Å². The van der Waals surface area contributed by atoms with E-state index in [9.17, 15) is 26.8 Å². The molecule has 0 heterocycles. The van der Waals surface area contributed by atoms with Gasteiger partial charge >= 0.3 is 11.7 Å². The molecule has 2 rings (SSSR count). The Bertz CT molecular complexity index is 1040. The number of methoxy groups -OCH3 is 2. The number of hydrogen-bond donors (Lipinski definition) is 1. The third kappa shape index (κ3) is 5.36. The molecule has 12 heteroatoms. The van der Waals surface area contributed by atoms with Gasteiger partial charge in [-0.25, -0.2) is 13.2 Å². The maximum atomic E-state index is 12.5. The van der Waals surface area contributed by atoms with Gasteiger partial charge in [-0.3, -0.25) is 4.79 Å². The van der Waals surface area contributed by atoms with E-state index in [1.807, 2.05) is 0 Å². The number of halogens is 3. The molecule has 0 radical (unpaired) electrons. The topological polar surface area (TPSA) is 108 Å². The fourth-order valence-corrected chi connectivity index (χ4v) is 3.29. The number of amides is 1. The van der Waals surface area contributed by atoms with Crippen LogP contribution in [0.25, 0.3) is 0 Å². The molecule has 30 heavy (non-hydrogen) atoms. The summed E-state index contributed by atoms with van der Waals surface area (Å²) < 4.78 is 62.8. The van der Waals surface area contributed by atoms with Gasteiger partial charge in [0.1, 0.15) is 0 Å². The van der Waals surface area contributed by atoms with E-state index in [2.05, 4.69) is 5.32 Å². The number of anilines is 1. The predicted molar refractivity (Wildman–Crippen MR) is 103 cm³/mol. The van der Waals surface area contributed by atoms with Crippen molar-refractivity contribution in [3.63, 3.8) is 0 Å². The SMILES string of the molecule is COc1cc(C(=O)OCC(=O)Nc2ccc(S(=O)(=O)C(F)F)cc2)cc(Cl)c1OC. The number of esters is 1. The standard InChI is InChI=1S/C18H16ClF2NO7S/c1-27-14-8-10(7-13(19)16(14)28-2)17(24)29-9-15(23)22-11-3-5-12(6-4-11)30(25,26)18(20)21/h3-8,18H,9H2,1-2H3,(H,22,23). The van der Waals surface area contributed by atoms with Gasteiger partial charge in [0.25, 0.3) is 5.91 Å². The second kappa shape index (κ2) is 9.72. The molecule has 0 atom stereocenters. The van der Waals surface area contributed by atoms with Gasteiger partial charge in [0.05, 0.1) is 29.7 Å². The molecule has 2 aromatic carbocycles. The molecule has 0 saturated carbocycles. The Kier molecular flexibility index (Phi) is 7.57. The number of carbonyl (C=O) groups is 2. The van der Waals surface area contributed by atoms with Crippen molar-refractivity contribution in [3.8, 4) is 11.5 Å². The minimum atomic E-state index is -4.73. The van der Waals surface area contributed by atoms with Crippen LogP contribution >= 0.6 is 11.6 Å². The summed E-state index contributed by atoms with van der Waals surface area (Å²) in [6.45, 7) is -0.665. The maximum absolute atomic E-state index is 12.5. The van der Waals surface area contributed by atoms with Crippen LogP contribution < -0.4 is 14.8 Å². The second-order valence-corrected chi connectivity index (χ2v) is 7.97. The molecule has 1 N–H and O–H groups in total. The number of rotatable bonds is 8. The average molecular weight is 464 g/mol. The summed E-state index contributed by atoms with van der Waals surface area (Å²) in [4.78, 5) is 23.5. The summed E-state index contributed by atoms with van der Waals surface area (Å²) in [5.41, 5.74) is 0.144. The van der Waals surface area contributed by atoms with E-state index in [0.717, 1.165) is 24.3 Å². The van der Waals surface area contributed by atoms with Crippen LogP contribution in [0.4, 0.5) is 14.5 Å². The first kappa shape index (κ1) is 23.4. The highest BCUT2D eigenvalue weighted by atomic mass is 35.5. The van der Waals surface area contributed by atoms with Gasteiger partial charge in [-0.05, 0) is 36.4 Å². The van der Waals surface area contributed by atoms with Crippen molar-refractivity contribution in [2.75, 3.05) is 26.1 Å². The lowest BCUT2D eigenvalue weighted by molar-refractivity contribution is -0.119. The Labute approximate surface area is 175 Å². The Morgan fingerprint density at radius 2 is 1.73 bits per heavy atom. The van der Waals surface area contributed by atoms with Crippen molar-refractivity contribution in [1.82, 2.24) is 0 Å². The fraction of sp³-hybridized carbons (Fsp3) is 0.222. The Morgan fingerprint density at radius 3 is 2.27 bits per heavy atom. The molecule has 0 spiro atoms. The van der Waals surface area contributed by atoms with Crippen LogP contribution in [0.1, 0.15) is 10.4 Å². The van der Waals surface area contributed by atoms with E-state index in [-0.39, 0.29) is 27.8 Å². The Balaban J connectivity index is 2.00. The minimum Gasteiger partial charge on any atom is -0.493 e. The first-order valence-electron chi connectivity index (χ1n) is 8.10. The zero-order valence-corrected chi connectivity index (χ0v) is 17.2. The third-order valence-corrected chi connectivity index (χ3v) is 5.38. The summed E-state index contributed by atoms with van der Waals surface area (Å²) in [5, 5.41) is 2.44. The molecule has 0 aliphatic rings. The van der Waals surface area contributed by atoms with E-state index in [0.29, 0.717) is 0 Å². The summed E-state index contributed by atoms with van der Waals surface area (Å²) in [6.07, 6.45) is 0. The first-order valence-corrected chi connectivity index (χ1v) is 10.0. The zero-order valence-electron chi connectivity index (χ0n) is 15.6. The molecule has 2 aromatic rings. The number of benzene rings is 2. The average Bonchev–Trinajstić information content (AvgIpc) is 2.71. The van der Waals surface area contributed by atoms with Crippen molar-refractivity contribution >= 4 is 39.0 Å². The lowest BCUT2D eigenvalue weighted by Gasteiger charge is -2.11. The highest BCUT2D eigenvalue weighted by Crippen LogP contribution is 2.36. The van der Waals surface area contributed by atoms with Crippen LogP contribution in [0.3, 0.4) is 0 Å². The molecule has 0 saturated heterocycles. The lowest BCUT2D eigenvalue weighted by atomic mass is 10.2. The Morgan fingerprint density at radius 1 is 1.10 bits per heavy atom. The van der Waals surface area contributed by atoms with E-state index in [1.54, 1.807) is 0 Å².